The third-order valence-corrected chi connectivity index (χ3v) is 6.00. The van der Waals surface area contributed by atoms with Crippen LogP contribution in [0.1, 0.15) is 34.1 Å². The Morgan fingerprint density at radius 2 is 2.00 bits per heavy atom. The van der Waals surface area contributed by atoms with E-state index in [1.165, 1.54) is 0 Å². The molecule has 1 N–H and O–H groups in total. The molecule has 0 saturated heterocycles. The number of aromatic nitrogens is 4. The smallest absolute Gasteiger partial charge is 0.273 e. The number of halogens is 1. The van der Waals surface area contributed by atoms with Crippen molar-refractivity contribution in [2.75, 3.05) is 13.7 Å². The molecular formula is C24H22ClN5O2. The third kappa shape index (κ3) is 3.65. The fraction of sp³-hybridized carbons (Fsp3) is 0.208. The Morgan fingerprint density at radius 1 is 1.16 bits per heavy atom. The van der Waals surface area contributed by atoms with Crippen molar-refractivity contribution in [1.82, 2.24) is 24.6 Å². The highest BCUT2D eigenvalue weighted by Crippen LogP contribution is 2.43. The topological polar surface area (TPSA) is 76.0 Å². The van der Waals surface area contributed by atoms with Crippen LogP contribution in [0.25, 0.3) is 11.3 Å². The summed E-state index contributed by atoms with van der Waals surface area (Å²) in [4.78, 5) is 19.4. The molecule has 8 heteroatoms. The molecule has 32 heavy (non-hydrogen) atoms. The molecule has 0 radical (unpaired) electrons. The zero-order valence-corrected chi connectivity index (χ0v) is 18.3. The van der Waals surface area contributed by atoms with Gasteiger partial charge in [0.05, 0.1) is 25.2 Å². The maximum atomic E-state index is 13.4. The summed E-state index contributed by atoms with van der Waals surface area (Å²) >= 11 is 6.32. The molecule has 0 spiro atoms. The number of carbonyl (C=O) groups is 1. The first-order valence-corrected chi connectivity index (χ1v) is 10.8. The van der Waals surface area contributed by atoms with Crippen LogP contribution in [0.15, 0.2) is 67.3 Å². The molecule has 4 aromatic rings. The van der Waals surface area contributed by atoms with Crippen molar-refractivity contribution in [2.24, 2.45) is 0 Å². The molecule has 2 aromatic carbocycles. The molecule has 1 atom stereocenters. The molecule has 162 valence electrons. The van der Waals surface area contributed by atoms with Gasteiger partial charge < -0.3 is 14.2 Å². The molecule has 1 aliphatic heterocycles. The summed E-state index contributed by atoms with van der Waals surface area (Å²) in [6.45, 7) is 1.38. The van der Waals surface area contributed by atoms with E-state index in [2.05, 4.69) is 15.2 Å². The second-order valence-corrected chi connectivity index (χ2v) is 8.14. The minimum atomic E-state index is -0.269. The lowest BCUT2D eigenvalue weighted by Crippen LogP contribution is -2.31. The molecule has 1 unspecified atom stereocenters. The van der Waals surface area contributed by atoms with Crippen LogP contribution in [0, 0.1) is 0 Å². The summed E-state index contributed by atoms with van der Waals surface area (Å²) in [6, 6.07) is 15.1. The lowest BCUT2D eigenvalue weighted by Gasteiger charge is -2.26. The quantitative estimate of drug-likeness (QED) is 0.450. The summed E-state index contributed by atoms with van der Waals surface area (Å²) in [6.07, 6.45) is 6.27. The zero-order chi connectivity index (χ0) is 22.1. The molecule has 7 nitrogen and oxygen atoms in total. The number of hydrogen-bond acceptors (Lipinski definition) is 4. The summed E-state index contributed by atoms with van der Waals surface area (Å²) in [5, 5.41) is 8.14. The number of nitrogens with one attached hydrogen (secondary N) is 1. The van der Waals surface area contributed by atoms with Gasteiger partial charge in [-0.2, -0.15) is 5.10 Å². The first-order chi connectivity index (χ1) is 15.7. The predicted octanol–water partition coefficient (Wildman–Crippen LogP) is 4.57. The second-order valence-electron chi connectivity index (χ2n) is 7.70. The van der Waals surface area contributed by atoms with Crippen LogP contribution < -0.4 is 4.74 Å². The number of aryl methyl sites for hydroxylation is 1. The van der Waals surface area contributed by atoms with Crippen molar-refractivity contribution in [2.45, 2.75) is 19.0 Å². The number of amides is 1. The number of fused-ring (bicyclic) bond motifs is 1. The van der Waals surface area contributed by atoms with Gasteiger partial charge in [-0.05, 0) is 48.4 Å². The van der Waals surface area contributed by atoms with E-state index in [9.17, 15) is 4.79 Å². The molecule has 1 amide bonds. The lowest BCUT2D eigenvalue weighted by atomic mass is 9.96. The molecular weight excluding hydrogens is 426 g/mol. The summed E-state index contributed by atoms with van der Waals surface area (Å²) < 4.78 is 7.29. The molecule has 5 rings (SSSR count). The van der Waals surface area contributed by atoms with Gasteiger partial charge in [-0.15, -0.1) is 0 Å². The maximum absolute atomic E-state index is 13.4. The average Bonchev–Trinajstić information content (AvgIpc) is 3.53. The highest BCUT2D eigenvalue weighted by Gasteiger charge is 2.41. The van der Waals surface area contributed by atoms with Crippen LogP contribution >= 0.6 is 11.6 Å². The van der Waals surface area contributed by atoms with Gasteiger partial charge in [-0.1, -0.05) is 23.7 Å². The second kappa shape index (κ2) is 8.51. The normalized spacial score (nSPS) is 15.2. The van der Waals surface area contributed by atoms with Crippen molar-refractivity contribution in [3.8, 4) is 17.0 Å². The SMILES string of the molecule is COc1ccc(-c2n[nH]c3c2C(c2cccc(Cl)c2)N(CCCn2ccnc2)C3=O)cc1. The number of imidazole rings is 1. The van der Waals surface area contributed by atoms with Gasteiger partial charge in [-0.25, -0.2) is 4.98 Å². The van der Waals surface area contributed by atoms with E-state index < -0.39 is 0 Å². The van der Waals surface area contributed by atoms with Gasteiger partial charge in [0, 0.05) is 41.6 Å². The van der Waals surface area contributed by atoms with Gasteiger partial charge in [-0.3, -0.25) is 9.89 Å². The number of methoxy groups -OCH3 is 1. The van der Waals surface area contributed by atoms with Gasteiger partial charge in [0.25, 0.3) is 5.91 Å². The predicted molar refractivity (Wildman–Crippen MR) is 122 cm³/mol. The van der Waals surface area contributed by atoms with Crippen LogP contribution in [0.3, 0.4) is 0 Å². The summed E-state index contributed by atoms with van der Waals surface area (Å²) in [5.41, 5.74) is 4.05. The Kier molecular flexibility index (Phi) is 5.41. The van der Waals surface area contributed by atoms with E-state index >= 15 is 0 Å². The maximum Gasteiger partial charge on any atom is 0.273 e. The highest BCUT2D eigenvalue weighted by atomic mass is 35.5. The standard InChI is InChI=1S/C24H22ClN5O2/c1-32-19-8-6-16(7-9-19)21-20-22(28-27-21)24(31)30(12-3-11-29-13-10-26-15-29)23(20)17-4-2-5-18(25)14-17/h2,4-10,13-15,23H,3,11-12H2,1H3,(H,27,28). The largest absolute Gasteiger partial charge is 0.497 e. The molecule has 1 aliphatic rings. The van der Waals surface area contributed by atoms with Gasteiger partial charge in [0.1, 0.15) is 11.4 Å². The first-order valence-electron chi connectivity index (χ1n) is 10.4. The lowest BCUT2D eigenvalue weighted by molar-refractivity contribution is 0.0739. The number of benzene rings is 2. The molecule has 0 aliphatic carbocycles. The van der Waals surface area contributed by atoms with Crippen LogP contribution in [0.5, 0.6) is 5.75 Å². The minimum Gasteiger partial charge on any atom is -0.497 e. The van der Waals surface area contributed by atoms with E-state index in [-0.39, 0.29) is 11.9 Å². The van der Waals surface area contributed by atoms with E-state index in [1.54, 1.807) is 19.6 Å². The number of aromatic amines is 1. The molecule has 2 aromatic heterocycles. The van der Waals surface area contributed by atoms with Crippen LogP contribution in [-0.2, 0) is 6.54 Å². The van der Waals surface area contributed by atoms with E-state index in [0.29, 0.717) is 17.3 Å². The number of ether oxygens (including phenoxy) is 1. The van der Waals surface area contributed by atoms with Gasteiger partial charge >= 0.3 is 0 Å². The molecule has 0 bridgehead atoms. The summed E-state index contributed by atoms with van der Waals surface area (Å²) in [5.74, 6) is 0.715. The molecule has 3 heterocycles. The van der Waals surface area contributed by atoms with Crippen molar-refractivity contribution >= 4 is 17.5 Å². The number of H-pyrrole nitrogens is 1. The van der Waals surface area contributed by atoms with E-state index in [0.717, 1.165) is 41.1 Å². The Labute approximate surface area is 190 Å². The van der Waals surface area contributed by atoms with Gasteiger partial charge in [0.2, 0.25) is 0 Å². The number of rotatable bonds is 7. The highest BCUT2D eigenvalue weighted by molar-refractivity contribution is 6.30. The minimum absolute atomic E-state index is 0.0529. The first kappa shape index (κ1) is 20.3. The Morgan fingerprint density at radius 3 is 2.72 bits per heavy atom. The van der Waals surface area contributed by atoms with Crippen molar-refractivity contribution in [3.63, 3.8) is 0 Å². The third-order valence-electron chi connectivity index (χ3n) is 5.77. The van der Waals surface area contributed by atoms with Crippen molar-refractivity contribution < 1.29 is 9.53 Å². The number of hydrogen-bond donors (Lipinski definition) is 1. The van der Waals surface area contributed by atoms with E-state index in [1.807, 2.05) is 64.2 Å². The number of carbonyl (C=O) groups excluding carboxylic acids is 1. The number of nitrogens with zero attached hydrogens (tertiary/aromatic N) is 4. The molecule has 0 saturated carbocycles. The van der Waals surface area contributed by atoms with Crippen LogP contribution in [0.2, 0.25) is 5.02 Å². The fourth-order valence-corrected chi connectivity index (χ4v) is 4.46. The van der Waals surface area contributed by atoms with Crippen LogP contribution in [0.4, 0.5) is 0 Å². The van der Waals surface area contributed by atoms with Crippen molar-refractivity contribution in [3.05, 3.63) is 89.1 Å². The summed E-state index contributed by atoms with van der Waals surface area (Å²) in [7, 11) is 1.64. The van der Waals surface area contributed by atoms with Crippen LogP contribution in [-0.4, -0.2) is 44.2 Å². The molecule has 0 fully saturated rings. The monoisotopic (exact) mass is 447 g/mol. The Balaban J connectivity index is 1.52. The Hall–Kier alpha value is -3.58. The van der Waals surface area contributed by atoms with E-state index in [4.69, 9.17) is 16.3 Å². The zero-order valence-electron chi connectivity index (χ0n) is 17.5. The van der Waals surface area contributed by atoms with Gasteiger partial charge in [0.15, 0.2) is 0 Å². The average molecular weight is 448 g/mol. The fourth-order valence-electron chi connectivity index (χ4n) is 4.26. The van der Waals surface area contributed by atoms with Crippen molar-refractivity contribution in [1.29, 1.82) is 0 Å². The Bertz CT molecular complexity index is 1230.